The number of carbonyl (C=O) groups excluding carboxylic acids is 2. The van der Waals surface area contributed by atoms with Crippen LogP contribution in [-0.2, 0) is 9.59 Å². The molecule has 1 aromatic carbocycles. The number of aliphatic carboxylic acids is 1. The zero-order valence-electron chi connectivity index (χ0n) is 13.1. The summed E-state index contributed by atoms with van der Waals surface area (Å²) in [5.74, 6) is -0.437. The number of carbonyl (C=O) groups is 3. The highest BCUT2D eigenvalue weighted by Crippen LogP contribution is 2.45. The first-order valence-corrected chi connectivity index (χ1v) is 7.67. The van der Waals surface area contributed by atoms with Crippen LogP contribution >= 0.6 is 0 Å². The standard InChI is InChI=1S/C17H21NO5/c1-12(19)13-4-2-5-14(10-13)23-9-3-6-15(20)18-11-17(7-8-17)16(21)22/h2,4-5,10H,3,6-9,11H2,1H3,(H,18,20)(H,21,22). The van der Waals surface area contributed by atoms with E-state index in [4.69, 9.17) is 9.84 Å². The van der Waals surface area contributed by atoms with Gasteiger partial charge in [-0.15, -0.1) is 0 Å². The highest BCUT2D eigenvalue weighted by Gasteiger charge is 2.50. The van der Waals surface area contributed by atoms with E-state index in [9.17, 15) is 14.4 Å². The van der Waals surface area contributed by atoms with Gasteiger partial charge in [-0.2, -0.15) is 0 Å². The van der Waals surface area contributed by atoms with Crippen molar-refractivity contribution in [2.75, 3.05) is 13.2 Å². The number of Topliss-reactive ketones (excluding diaryl/α,β-unsaturated/α-hetero) is 1. The third kappa shape index (κ3) is 4.81. The van der Waals surface area contributed by atoms with Crippen molar-refractivity contribution < 1.29 is 24.2 Å². The molecular weight excluding hydrogens is 298 g/mol. The maximum absolute atomic E-state index is 11.7. The van der Waals surface area contributed by atoms with Gasteiger partial charge in [-0.05, 0) is 38.3 Å². The molecule has 1 aliphatic rings. The lowest BCUT2D eigenvalue weighted by Gasteiger charge is -2.11. The summed E-state index contributed by atoms with van der Waals surface area (Å²) in [5, 5.41) is 11.7. The van der Waals surface area contributed by atoms with E-state index in [1.165, 1.54) is 6.92 Å². The fourth-order valence-corrected chi connectivity index (χ4v) is 2.20. The lowest BCUT2D eigenvalue weighted by molar-refractivity contribution is -0.143. The van der Waals surface area contributed by atoms with Crippen LogP contribution in [0.1, 0.15) is 43.0 Å². The number of hydrogen-bond acceptors (Lipinski definition) is 4. The average molecular weight is 319 g/mol. The van der Waals surface area contributed by atoms with Gasteiger partial charge >= 0.3 is 5.97 Å². The summed E-state index contributed by atoms with van der Waals surface area (Å²) in [5.41, 5.74) is -0.150. The van der Waals surface area contributed by atoms with Gasteiger partial charge in [0.2, 0.25) is 5.91 Å². The Morgan fingerprint density at radius 1 is 1.30 bits per heavy atom. The lowest BCUT2D eigenvalue weighted by Crippen LogP contribution is -2.34. The number of nitrogens with one attached hydrogen (secondary N) is 1. The van der Waals surface area contributed by atoms with E-state index in [1.807, 2.05) is 0 Å². The minimum Gasteiger partial charge on any atom is -0.494 e. The summed E-state index contributed by atoms with van der Waals surface area (Å²) in [4.78, 5) is 34.0. The number of benzene rings is 1. The van der Waals surface area contributed by atoms with E-state index in [2.05, 4.69) is 5.32 Å². The van der Waals surface area contributed by atoms with Crippen molar-refractivity contribution in [3.05, 3.63) is 29.8 Å². The fourth-order valence-electron chi connectivity index (χ4n) is 2.20. The summed E-state index contributed by atoms with van der Waals surface area (Å²) in [7, 11) is 0. The van der Waals surface area contributed by atoms with Crippen LogP contribution in [0.3, 0.4) is 0 Å². The monoisotopic (exact) mass is 319 g/mol. The predicted octanol–water partition coefficient (Wildman–Crippen LogP) is 2.03. The SMILES string of the molecule is CC(=O)c1cccc(OCCCC(=O)NCC2(C(=O)O)CC2)c1. The Morgan fingerprint density at radius 2 is 2.04 bits per heavy atom. The van der Waals surface area contributed by atoms with E-state index in [1.54, 1.807) is 24.3 Å². The largest absolute Gasteiger partial charge is 0.494 e. The maximum Gasteiger partial charge on any atom is 0.311 e. The molecule has 2 N–H and O–H groups in total. The highest BCUT2D eigenvalue weighted by molar-refractivity contribution is 5.94. The van der Waals surface area contributed by atoms with Crippen LogP contribution in [0, 0.1) is 5.41 Å². The molecule has 0 aromatic heterocycles. The topological polar surface area (TPSA) is 92.7 Å². The van der Waals surface area contributed by atoms with Gasteiger partial charge in [0, 0.05) is 18.5 Å². The lowest BCUT2D eigenvalue weighted by atomic mass is 10.1. The summed E-state index contributed by atoms with van der Waals surface area (Å²) in [6.07, 6.45) is 2.05. The van der Waals surface area contributed by atoms with Crippen molar-refractivity contribution in [1.82, 2.24) is 5.32 Å². The van der Waals surface area contributed by atoms with Crippen molar-refractivity contribution in [2.45, 2.75) is 32.6 Å². The Labute approximate surface area is 134 Å². The first kappa shape index (κ1) is 17.0. The molecular formula is C17H21NO5. The second-order valence-electron chi connectivity index (χ2n) is 5.90. The summed E-state index contributed by atoms with van der Waals surface area (Å²) < 4.78 is 5.52. The van der Waals surface area contributed by atoms with Crippen LogP contribution in [0.2, 0.25) is 0 Å². The van der Waals surface area contributed by atoms with Gasteiger partial charge in [0.05, 0.1) is 12.0 Å². The van der Waals surface area contributed by atoms with Crippen molar-refractivity contribution in [1.29, 1.82) is 0 Å². The van der Waals surface area contributed by atoms with E-state index < -0.39 is 11.4 Å². The predicted molar refractivity (Wildman–Crippen MR) is 83.5 cm³/mol. The number of rotatable bonds is 9. The number of carboxylic acids is 1. The van der Waals surface area contributed by atoms with Gasteiger partial charge in [0.1, 0.15) is 5.75 Å². The quantitative estimate of drug-likeness (QED) is 0.536. The molecule has 0 spiro atoms. The molecule has 0 saturated heterocycles. The first-order chi connectivity index (χ1) is 10.9. The van der Waals surface area contributed by atoms with Gasteiger partial charge < -0.3 is 15.2 Å². The van der Waals surface area contributed by atoms with Crippen LogP contribution in [-0.4, -0.2) is 35.9 Å². The Balaban J connectivity index is 1.65. The van der Waals surface area contributed by atoms with Crippen LogP contribution in [0.5, 0.6) is 5.75 Å². The van der Waals surface area contributed by atoms with E-state index in [0.717, 1.165) is 0 Å². The van der Waals surface area contributed by atoms with E-state index >= 15 is 0 Å². The van der Waals surface area contributed by atoms with Crippen LogP contribution < -0.4 is 10.1 Å². The fraction of sp³-hybridized carbons (Fsp3) is 0.471. The third-order valence-electron chi connectivity index (χ3n) is 3.99. The van der Waals surface area contributed by atoms with Crippen LogP contribution in [0.25, 0.3) is 0 Å². The van der Waals surface area contributed by atoms with Gasteiger partial charge in [0.25, 0.3) is 0 Å². The number of hydrogen-bond donors (Lipinski definition) is 2. The smallest absolute Gasteiger partial charge is 0.311 e. The normalized spacial score (nSPS) is 14.8. The van der Waals surface area contributed by atoms with Crippen LogP contribution in [0.4, 0.5) is 0 Å². The average Bonchev–Trinajstić information content (AvgIpc) is 3.31. The van der Waals surface area contributed by atoms with Gasteiger partial charge in [-0.25, -0.2) is 0 Å². The zero-order valence-corrected chi connectivity index (χ0v) is 13.1. The number of ether oxygens (including phenoxy) is 1. The van der Waals surface area contributed by atoms with Crippen molar-refractivity contribution >= 4 is 17.7 Å². The molecule has 6 heteroatoms. The Morgan fingerprint density at radius 3 is 2.65 bits per heavy atom. The maximum atomic E-state index is 11.7. The van der Waals surface area contributed by atoms with E-state index in [-0.39, 0.29) is 24.7 Å². The number of amides is 1. The minimum atomic E-state index is -0.841. The second-order valence-corrected chi connectivity index (χ2v) is 5.90. The molecule has 0 atom stereocenters. The Bertz CT molecular complexity index is 607. The molecule has 1 aromatic rings. The molecule has 0 unspecified atom stereocenters. The molecule has 2 rings (SSSR count). The number of ketones is 1. The summed E-state index contributed by atoms with van der Waals surface area (Å²) in [6.45, 7) is 2.05. The zero-order chi connectivity index (χ0) is 16.9. The third-order valence-corrected chi connectivity index (χ3v) is 3.99. The molecule has 1 fully saturated rings. The summed E-state index contributed by atoms with van der Waals surface area (Å²) >= 11 is 0. The van der Waals surface area contributed by atoms with Gasteiger partial charge in [-0.3, -0.25) is 14.4 Å². The Kier molecular flexibility index (Phi) is 5.36. The summed E-state index contributed by atoms with van der Waals surface area (Å²) in [6, 6.07) is 6.90. The molecule has 0 heterocycles. The minimum absolute atomic E-state index is 0.0257. The second kappa shape index (κ2) is 7.26. The van der Waals surface area contributed by atoms with Crippen molar-refractivity contribution in [3.63, 3.8) is 0 Å². The highest BCUT2D eigenvalue weighted by atomic mass is 16.5. The molecule has 6 nitrogen and oxygen atoms in total. The molecule has 0 bridgehead atoms. The van der Waals surface area contributed by atoms with Gasteiger partial charge in [0.15, 0.2) is 5.78 Å². The molecule has 23 heavy (non-hydrogen) atoms. The molecule has 0 radical (unpaired) electrons. The molecule has 1 aliphatic carbocycles. The van der Waals surface area contributed by atoms with Gasteiger partial charge in [-0.1, -0.05) is 12.1 Å². The molecule has 0 aliphatic heterocycles. The van der Waals surface area contributed by atoms with Crippen molar-refractivity contribution in [2.24, 2.45) is 5.41 Å². The molecule has 124 valence electrons. The Hall–Kier alpha value is -2.37. The van der Waals surface area contributed by atoms with Crippen LogP contribution in [0.15, 0.2) is 24.3 Å². The van der Waals surface area contributed by atoms with Crippen molar-refractivity contribution in [3.8, 4) is 5.75 Å². The molecule has 1 saturated carbocycles. The number of carboxylic acid groups (broad SMARTS) is 1. The first-order valence-electron chi connectivity index (χ1n) is 7.67. The molecule has 1 amide bonds. The van der Waals surface area contributed by atoms with E-state index in [0.29, 0.717) is 37.2 Å².